The highest BCUT2D eigenvalue weighted by atomic mass is 16.6. The predicted molar refractivity (Wildman–Crippen MR) is 62.7 cm³/mol. The summed E-state index contributed by atoms with van der Waals surface area (Å²) in [5.41, 5.74) is 1.30. The van der Waals surface area contributed by atoms with E-state index in [1.54, 1.807) is 7.11 Å². The number of hydrogen-bond acceptors (Lipinski definition) is 3. The van der Waals surface area contributed by atoms with E-state index in [1.807, 2.05) is 12.1 Å². The quantitative estimate of drug-likeness (QED) is 0.696. The number of rotatable bonds is 1. The number of benzene rings is 1. The first-order valence-electron chi connectivity index (χ1n) is 6.19. The molecule has 1 saturated heterocycles. The minimum atomic E-state index is -0.0492. The van der Waals surface area contributed by atoms with Gasteiger partial charge in [-0.1, -0.05) is 6.92 Å². The number of ether oxygens (including phenoxy) is 3. The molecule has 2 heterocycles. The lowest BCUT2D eigenvalue weighted by Crippen LogP contribution is -2.47. The Morgan fingerprint density at radius 1 is 1.41 bits per heavy atom. The van der Waals surface area contributed by atoms with E-state index in [2.05, 4.69) is 13.0 Å². The summed E-state index contributed by atoms with van der Waals surface area (Å²) in [4.78, 5) is 0. The van der Waals surface area contributed by atoms with E-state index in [4.69, 9.17) is 14.2 Å². The molecule has 3 atom stereocenters. The molecule has 0 N–H and O–H groups in total. The van der Waals surface area contributed by atoms with Crippen LogP contribution in [0.5, 0.6) is 11.5 Å². The van der Waals surface area contributed by atoms with Gasteiger partial charge in [-0.05, 0) is 31.0 Å². The molecule has 4 rings (SSSR count). The summed E-state index contributed by atoms with van der Waals surface area (Å²) >= 11 is 0. The molecule has 17 heavy (non-hydrogen) atoms. The van der Waals surface area contributed by atoms with Crippen molar-refractivity contribution < 1.29 is 14.2 Å². The topological polar surface area (TPSA) is 31.0 Å². The first kappa shape index (κ1) is 9.77. The summed E-state index contributed by atoms with van der Waals surface area (Å²) < 4.78 is 17.2. The Hall–Kier alpha value is -1.22. The molecule has 3 heteroatoms. The van der Waals surface area contributed by atoms with E-state index in [0.29, 0.717) is 0 Å². The van der Waals surface area contributed by atoms with E-state index in [9.17, 15) is 0 Å². The molecule has 1 aromatic rings. The fourth-order valence-electron chi connectivity index (χ4n) is 3.64. The van der Waals surface area contributed by atoms with Gasteiger partial charge >= 0.3 is 0 Å². The Bertz CT molecular complexity index is 492. The average molecular weight is 232 g/mol. The Kier molecular flexibility index (Phi) is 1.60. The van der Waals surface area contributed by atoms with Crippen LogP contribution in [0.4, 0.5) is 0 Å². The summed E-state index contributed by atoms with van der Waals surface area (Å²) in [7, 11) is 1.70. The van der Waals surface area contributed by atoms with Gasteiger partial charge in [0.1, 0.15) is 23.2 Å². The van der Waals surface area contributed by atoms with E-state index in [0.717, 1.165) is 30.9 Å². The number of methoxy groups -OCH3 is 1. The third kappa shape index (κ3) is 0.974. The standard InChI is InChI=1S/C14H16O3/c1-13-6-5-12(14(13)8-16-14)17-11-4-3-9(15-2)7-10(11)13/h3-4,7,12H,5-6,8H2,1-2H3/t12-,13-,14-/m1/s1. The molecular weight excluding hydrogens is 216 g/mol. The van der Waals surface area contributed by atoms with Crippen molar-refractivity contribution in [2.24, 2.45) is 0 Å². The minimum Gasteiger partial charge on any atom is -0.497 e. The molecule has 1 aromatic carbocycles. The maximum Gasteiger partial charge on any atom is 0.138 e. The Morgan fingerprint density at radius 2 is 2.24 bits per heavy atom. The van der Waals surface area contributed by atoms with Gasteiger partial charge in [0, 0.05) is 11.0 Å². The molecular formula is C14H16O3. The summed E-state index contributed by atoms with van der Waals surface area (Å²) in [6.07, 6.45) is 2.47. The third-order valence-electron chi connectivity index (χ3n) is 4.87. The first-order chi connectivity index (χ1) is 8.19. The Balaban J connectivity index is 1.93. The molecule has 0 amide bonds. The average Bonchev–Trinajstić information content (AvgIpc) is 3.10. The molecule has 0 aromatic heterocycles. The minimum absolute atomic E-state index is 0.0492. The smallest absolute Gasteiger partial charge is 0.138 e. The van der Waals surface area contributed by atoms with Gasteiger partial charge in [-0.15, -0.1) is 0 Å². The Labute approximate surface area is 101 Å². The molecule has 0 unspecified atom stereocenters. The van der Waals surface area contributed by atoms with Crippen molar-refractivity contribution >= 4 is 0 Å². The summed E-state index contributed by atoms with van der Waals surface area (Å²) in [5, 5.41) is 0. The van der Waals surface area contributed by atoms with Crippen molar-refractivity contribution in [2.75, 3.05) is 13.7 Å². The van der Waals surface area contributed by atoms with Crippen molar-refractivity contribution in [1.29, 1.82) is 0 Å². The van der Waals surface area contributed by atoms with E-state index >= 15 is 0 Å². The highest BCUT2D eigenvalue weighted by Gasteiger charge is 2.71. The van der Waals surface area contributed by atoms with Crippen LogP contribution in [0, 0.1) is 0 Å². The van der Waals surface area contributed by atoms with Gasteiger partial charge in [0.25, 0.3) is 0 Å². The molecule has 1 spiro atoms. The second-order valence-electron chi connectivity index (χ2n) is 5.52. The van der Waals surface area contributed by atoms with Gasteiger partial charge in [-0.25, -0.2) is 0 Å². The van der Waals surface area contributed by atoms with Crippen molar-refractivity contribution in [1.82, 2.24) is 0 Å². The first-order valence-corrected chi connectivity index (χ1v) is 6.19. The maximum atomic E-state index is 6.08. The molecule has 1 saturated carbocycles. The zero-order chi connectivity index (χ0) is 11.7. The van der Waals surface area contributed by atoms with Crippen LogP contribution in [-0.4, -0.2) is 25.4 Å². The van der Waals surface area contributed by atoms with Gasteiger partial charge in [0.2, 0.25) is 0 Å². The van der Waals surface area contributed by atoms with Crippen molar-refractivity contribution in [3.05, 3.63) is 23.8 Å². The van der Waals surface area contributed by atoms with Crippen LogP contribution in [0.25, 0.3) is 0 Å². The number of epoxide rings is 1. The molecule has 3 nitrogen and oxygen atoms in total. The fraction of sp³-hybridized carbons (Fsp3) is 0.571. The van der Waals surface area contributed by atoms with Crippen LogP contribution in [-0.2, 0) is 10.2 Å². The fourth-order valence-corrected chi connectivity index (χ4v) is 3.64. The highest BCUT2D eigenvalue weighted by molar-refractivity contribution is 5.52. The van der Waals surface area contributed by atoms with Gasteiger partial charge in [-0.2, -0.15) is 0 Å². The van der Waals surface area contributed by atoms with Crippen LogP contribution >= 0.6 is 0 Å². The van der Waals surface area contributed by atoms with Crippen LogP contribution in [0.3, 0.4) is 0 Å². The lowest BCUT2D eigenvalue weighted by molar-refractivity contribution is 0.0684. The molecule has 2 bridgehead atoms. The Morgan fingerprint density at radius 3 is 2.94 bits per heavy atom. The van der Waals surface area contributed by atoms with Gasteiger partial charge in [0.05, 0.1) is 13.7 Å². The highest BCUT2D eigenvalue weighted by Crippen LogP contribution is 2.63. The summed E-state index contributed by atoms with van der Waals surface area (Å²) in [5.74, 6) is 1.91. The normalized spacial score (nSPS) is 40.9. The van der Waals surface area contributed by atoms with Gasteiger partial charge in [0.15, 0.2) is 0 Å². The van der Waals surface area contributed by atoms with Crippen LogP contribution in [0.15, 0.2) is 18.2 Å². The second-order valence-corrected chi connectivity index (χ2v) is 5.52. The summed E-state index contributed by atoms with van der Waals surface area (Å²) in [6, 6.07) is 6.10. The maximum absolute atomic E-state index is 6.08. The monoisotopic (exact) mass is 232 g/mol. The van der Waals surface area contributed by atoms with E-state index < -0.39 is 0 Å². The van der Waals surface area contributed by atoms with Gasteiger partial charge in [-0.3, -0.25) is 0 Å². The molecule has 1 aliphatic carbocycles. The van der Waals surface area contributed by atoms with Crippen LogP contribution in [0.1, 0.15) is 25.3 Å². The largest absolute Gasteiger partial charge is 0.497 e. The third-order valence-corrected chi connectivity index (χ3v) is 4.87. The van der Waals surface area contributed by atoms with E-state index in [1.165, 1.54) is 5.56 Å². The lowest BCUT2D eigenvalue weighted by atomic mass is 9.71. The zero-order valence-electron chi connectivity index (χ0n) is 10.2. The molecule has 90 valence electrons. The molecule has 0 radical (unpaired) electrons. The summed E-state index contributed by atoms with van der Waals surface area (Å²) in [6.45, 7) is 3.14. The SMILES string of the molecule is COc1ccc2c(c1)[C@@]1(C)CC[C@@H](O2)[C@]12CO2. The van der Waals surface area contributed by atoms with Crippen molar-refractivity contribution in [3.63, 3.8) is 0 Å². The molecule has 2 fully saturated rings. The van der Waals surface area contributed by atoms with Crippen LogP contribution in [0.2, 0.25) is 0 Å². The van der Waals surface area contributed by atoms with E-state index in [-0.39, 0.29) is 17.1 Å². The zero-order valence-corrected chi connectivity index (χ0v) is 10.2. The van der Waals surface area contributed by atoms with Crippen LogP contribution < -0.4 is 9.47 Å². The van der Waals surface area contributed by atoms with Crippen molar-refractivity contribution in [3.8, 4) is 11.5 Å². The van der Waals surface area contributed by atoms with Gasteiger partial charge < -0.3 is 14.2 Å². The lowest BCUT2D eigenvalue weighted by Gasteiger charge is -2.38. The number of hydrogen-bond donors (Lipinski definition) is 0. The second kappa shape index (κ2) is 2.78. The molecule has 2 aliphatic heterocycles. The predicted octanol–water partition coefficient (Wildman–Crippen LogP) is 2.28. The van der Waals surface area contributed by atoms with Crippen molar-refractivity contribution in [2.45, 2.75) is 36.9 Å². The molecule has 3 aliphatic rings. The number of fused-ring (bicyclic) bond motifs is 2.